The molecule has 0 bridgehead atoms. The zero-order valence-corrected chi connectivity index (χ0v) is 18.4. The molecule has 1 N–H and O–H groups in total. The first-order valence-electron chi connectivity index (χ1n) is 10.2. The molecule has 1 aromatic heterocycles. The Hall–Kier alpha value is -3.12. The van der Waals surface area contributed by atoms with Crippen molar-refractivity contribution >= 4 is 34.7 Å². The van der Waals surface area contributed by atoms with Crippen LogP contribution in [0.15, 0.2) is 24.3 Å². The number of hydrogen-bond donors (Lipinski definition) is 1. The van der Waals surface area contributed by atoms with Crippen molar-refractivity contribution in [2.24, 2.45) is 0 Å². The van der Waals surface area contributed by atoms with E-state index < -0.39 is 42.8 Å². The average Bonchev–Trinajstić information content (AvgIpc) is 3.18. The van der Waals surface area contributed by atoms with Gasteiger partial charge in [-0.05, 0) is 49.4 Å². The molecule has 4 rings (SSSR count). The fraction of sp³-hybridized carbons (Fsp3) is 0.391. The molecule has 2 fully saturated rings. The molecule has 1 saturated heterocycles. The van der Waals surface area contributed by atoms with Gasteiger partial charge >= 0.3 is 6.03 Å². The molecule has 6 nitrogen and oxygen atoms in total. The van der Waals surface area contributed by atoms with E-state index in [2.05, 4.69) is 10.2 Å². The molecule has 32 heavy (non-hydrogen) atoms. The Labute approximate surface area is 188 Å². The number of Topliss-reactive ketones (excluding diaryl/α,β-unsaturated/α-hetero) is 1. The Bertz CT molecular complexity index is 1170. The maximum Gasteiger partial charge on any atom is 0.325 e. The van der Waals surface area contributed by atoms with E-state index in [9.17, 15) is 23.2 Å². The van der Waals surface area contributed by atoms with Crippen molar-refractivity contribution in [2.45, 2.75) is 51.0 Å². The molecule has 2 aromatic rings. The van der Waals surface area contributed by atoms with Crippen LogP contribution in [-0.4, -0.2) is 40.6 Å². The zero-order chi connectivity index (χ0) is 23.3. The number of urea groups is 1. The second kappa shape index (κ2) is 7.78. The molecule has 2 heterocycles. The summed E-state index contributed by atoms with van der Waals surface area (Å²) in [5, 5.41) is 2.56. The van der Waals surface area contributed by atoms with Crippen LogP contribution in [0.3, 0.4) is 0 Å². The number of rotatable bonds is 4. The van der Waals surface area contributed by atoms with Crippen LogP contribution < -0.4 is 5.32 Å². The van der Waals surface area contributed by atoms with Crippen LogP contribution in [0.1, 0.15) is 45.8 Å². The number of aryl methyl sites for hydroxylation is 1. The summed E-state index contributed by atoms with van der Waals surface area (Å²) in [6.07, 6.45) is -1.24. The molecule has 9 heteroatoms. The Morgan fingerprint density at radius 1 is 1.22 bits per heavy atom. The number of nitrogens with one attached hydrogen (secondary N) is 1. The maximum atomic E-state index is 13.6. The summed E-state index contributed by atoms with van der Waals surface area (Å²) < 4.78 is 27.1. The van der Waals surface area contributed by atoms with Crippen LogP contribution in [0.25, 0.3) is 16.0 Å². The summed E-state index contributed by atoms with van der Waals surface area (Å²) in [5.41, 5.74) is 1.54. The second-order valence-electron chi connectivity index (χ2n) is 8.33. The lowest BCUT2D eigenvalue weighted by molar-refractivity contribution is -0.135. The molecule has 0 radical (unpaired) electrons. The third-order valence-electron chi connectivity index (χ3n) is 6.22. The highest BCUT2D eigenvalue weighted by molar-refractivity contribution is 7.14. The minimum Gasteiger partial charge on any atom is -0.323 e. The fourth-order valence-corrected chi connectivity index (χ4v) is 5.60. The number of imide groups is 1. The number of thiophene rings is 1. The van der Waals surface area contributed by atoms with E-state index in [0.29, 0.717) is 10.6 Å². The summed E-state index contributed by atoms with van der Waals surface area (Å²) in [4.78, 5) is 44.1. The van der Waals surface area contributed by atoms with Gasteiger partial charge in [0.2, 0.25) is 5.92 Å². The number of hydrogen-bond acceptors (Lipinski definition) is 4. The van der Waals surface area contributed by atoms with Gasteiger partial charge in [-0.15, -0.1) is 11.3 Å². The first-order valence-corrected chi connectivity index (χ1v) is 11.0. The minimum absolute atomic E-state index is 0.145. The predicted octanol–water partition coefficient (Wildman–Crippen LogP) is 5.27. The topological polar surface area (TPSA) is 70.8 Å². The lowest BCUT2D eigenvalue weighted by Gasteiger charge is -2.34. The molecule has 1 aliphatic heterocycles. The van der Waals surface area contributed by atoms with Crippen LogP contribution in [0.5, 0.6) is 0 Å². The van der Waals surface area contributed by atoms with Crippen LogP contribution in [-0.2, 0) is 4.79 Å². The first-order chi connectivity index (χ1) is 15.1. The van der Waals surface area contributed by atoms with E-state index >= 15 is 0 Å². The van der Waals surface area contributed by atoms with Gasteiger partial charge in [0.25, 0.3) is 5.91 Å². The van der Waals surface area contributed by atoms with E-state index in [1.807, 2.05) is 13.0 Å². The quantitative estimate of drug-likeness (QED) is 0.387. The average molecular weight is 458 g/mol. The van der Waals surface area contributed by atoms with E-state index in [1.165, 1.54) is 11.3 Å². The Kier molecular flexibility index (Phi) is 5.37. The summed E-state index contributed by atoms with van der Waals surface area (Å²) in [7, 11) is 0. The van der Waals surface area contributed by atoms with E-state index in [1.54, 1.807) is 25.1 Å². The van der Waals surface area contributed by atoms with Crippen LogP contribution >= 0.6 is 11.3 Å². The van der Waals surface area contributed by atoms with Crippen molar-refractivity contribution < 1.29 is 23.2 Å². The van der Waals surface area contributed by atoms with Gasteiger partial charge in [0.05, 0.1) is 18.0 Å². The minimum atomic E-state index is -2.84. The highest BCUT2D eigenvalue weighted by Crippen LogP contribution is 2.42. The summed E-state index contributed by atoms with van der Waals surface area (Å²) in [6.45, 7) is 10.4. The lowest BCUT2D eigenvalue weighted by Crippen LogP contribution is -2.51. The molecular weight excluding hydrogens is 436 g/mol. The predicted molar refractivity (Wildman–Crippen MR) is 116 cm³/mol. The number of halogens is 2. The standard InChI is InChI=1S/C23H21F2N3O3S/c1-13-18(15-5-4-6-16(11-15)26-3)14(2)32-19(13)17(29)12-28-20(30)22(27-21(28)31)7-9-23(24,25)10-8-22/h4-6,11H,7-10,12H2,1-2H3,(H,27,31). The summed E-state index contributed by atoms with van der Waals surface area (Å²) >= 11 is 1.27. The van der Waals surface area contributed by atoms with Crippen LogP contribution in [0, 0.1) is 20.4 Å². The number of benzene rings is 1. The maximum absolute atomic E-state index is 13.6. The van der Waals surface area contributed by atoms with E-state index in [0.717, 1.165) is 26.5 Å². The van der Waals surface area contributed by atoms with Gasteiger partial charge in [0.15, 0.2) is 11.5 Å². The molecular formula is C23H21F2N3O3S. The summed E-state index contributed by atoms with van der Waals surface area (Å²) in [5.74, 6) is -3.83. The molecule has 1 aliphatic carbocycles. The number of nitrogens with zero attached hydrogens (tertiary/aromatic N) is 2. The fourth-order valence-electron chi connectivity index (χ4n) is 4.49. The molecule has 1 spiro atoms. The Morgan fingerprint density at radius 2 is 1.91 bits per heavy atom. The van der Waals surface area contributed by atoms with E-state index in [-0.39, 0.29) is 18.6 Å². The van der Waals surface area contributed by atoms with Gasteiger partial charge in [-0.2, -0.15) is 0 Å². The third-order valence-corrected chi connectivity index (χ3v) is 7.47. The summed E-state index contributed by atoms with van der Waals surface area (Å²) in [6, 6.07) is 6.38. The molecule has 0 unspecified atom stereocenters. The van der Waals surface area contributed by atoms with Gasteiger partial charge in [0.1, 0.15) is 5.54 Å². The largest absolute Gasteiger partial charge is 0.325 e. The zero-order valence-electron chi connectivity index (χ0n) is 17.6. The molecule has 1 saturated carbocycles. The number of carbonyl (C=O) groups excluding carboxylic acids is 3. The Morgan fingerprint density at radius 3 is 2.56 bits per heavy atom. The molecule has 1 aromatic carbocycles. The van der Waals surface area contributed by atoms with Gasteiger partial charge in [-0.3, -0.25) is 14.5 Å². The lowest BCUT2D eigenvalue weighted by atomic mass is 9.80. The number of carbonyl (C=O) groups is 3. The van der Waals surface area contributed by atoms with Gasteiger partial charge < -0.3 is 5.32 Å². The van der Waals surface area contributed by atoms with Crippen molar-refractivity contribution in [1.82, 2.24) is 10.2 Å². The first kappa shape index (κ1) is 22.1. The van der Waals surface area contributed by atoms with Crippen molar-refractivity contribution in [2.75, 3.05) is 6.54 Å². The van der Waals surface area contributed by atoms with Crippen LogP contribution in [0.2, 0.25) is 0 Å². The monoisotopic (exact) mass is 457 g/mol. The van der Waals surface area contributed by atoms with Crippen LogP contribution in [0.4, 0.5) is 19.3 Å². The molecule has 2 aliphatic rings. The number of alkyl halides is 2. The normalized spacial score (nSPS) is 19.2. The molecule has 0 atom stereocenters. The Balaban J connectivity index is 1.57. The molecule has 166 valence electrons. The number of amides is 3. The van der Waals surface area contributed by atoms with Crippen molar-refractivity contribution in [3.05, 3.63) is 51.0 Å². The van der Waals surface area contributed by atoms with Gasteiger partial charge in [-0.1, -0.05) is 18.2 Å². The van der Waals surface area contributed by atoms with Gasteiger partial charge in [-0.25, -0.2) is 18.4 Å². The third kappa shape index (κ3) is 3.69. The van der Waals surface area contributed by atoms with Crippen molar-refractivity contribution in [3.8, 4) is 11.1 Å². The SMILES string of the molecule is [C-]#[N+]c1cccc(-c2c(C)sc(C(=O)CN3C(=O)NC4(CCC(F)(F)CC4)C3=O)c2C)c1. The smallest absolute Gasteiger partial charge is 0.323 e. The molecule has 3 amide bonds. The highest BCUT2D eigenvalue weighted by atomic mass is 32.1. The van der Waals surface area contributed by atoms with Crippen molar-refractivity contribution in [1.29, 1.82) is 0 Å². The van der Waals surface area contributed by atoms with E-state index in [4.69, 9.17) is 6.57 Å². The highest BCUT2D eigenvalue weighted by Gasteiger charge is 2.55. The second-order valence-corrected chi connectivity index (χ2v) is 9.56. The number of ketones is 1. The van der Waals surface area contributed by atoms with Crippen molar-refractivity contribution in [3.63, 3.8) is 0 Å². The van der Waals surface area contributed by atoms with Gasteiger partial charge in [0, 0.05) is 17.7 Å².